The third kappa shape index (κ3) is 3.74. The van der Waals surface area contributed by atoms with Gasteiger partial charge < -0.3 is 5.11 Å². The van der Waals surface area contributed by atoms with Crippen LogP contribution in [-0.4, -0.2) is 45.9 Å². The molecule has 4 heterocycles. The van der Waals surface area contributed by atoms with Gasteiger partial charge in [-0.15, -0.1) is 0 Å². The van der Waals surface area contributed by atoms with E-state index in [9.17, 15) is 5.11 Å². The summed E-state index contributed by atoms with van der Waals surface area (Å²) in [6.07, 6.45) is 5.25. The van der Waals surface area contributed by atoms with Gasteiger partial charge in [0.15, 0.2) is 0 Å². The summed E-state index contributed by atoms with van der Waals surface area (Å²) in [6, 6.07) is 3.86. The molecule has 0 saturated heterocycles. The van der Waals surface area contributed by atoms with Crippen molar-refractivity contribution in [1.82, 2.24) is 34.2 Å². The fraction of sp³-hybridized carbons (Fsp3) is 0.550. The molecule has 3 aromatic heterocycles. The van der Waals surface area contributed by atoms with E-state index in [0.717, 1.165) is 62.6 Å². The smallest absolute Gasteiger partial charge is 0.139 e. The molecule has 4 rings (SSSR count). The molecule has 0 amide bonds. The first-order valence-electron chi connectivity index (χ1n) is 10.0. The molecule has 3 aromatic rings. The summed E-state index contributed by atoms with van der Waals surface area (Å²) in [7, 11) is 1.84. The van der Waals surface area contributed by atoms with Crippen LogP contribution >= 0.6 is 0 Å². The highest BCUT2D eigenvalue weighted by molar-refractivity contribution is 5.22. The van der Waals surface area contributed by atoms with Crippen LogP contribution in [0.4, 0.5) is 0 Å². The molecule has 8 nitrogen and oxygen atoms in total. The lowest BCUT2D eigenvalue weighted by atomic mass is 10.1. The van der Waals surface area contributed by atoms with E-state index in [4.69, 9.17) is 0 Å². The summed E-state index contributed by atoms with van der Waals surface area (Å²) < 4.78 is 5.79. The molecule has 0 radical (unpaired) electrons. The molecule has 0 spiro atoms. The lowest BCUT2D eigenvalue weighted by Crippen LogP contribution is -2.23. The second-order valence-corrected chi connectivity index (χ2v) is 7.63. The number of hydrogen-bond acceptors (Lipinski definition) is 5. The van der Waals surface area contributed by atoms with E-state index >= 15 is 0 Å². The number of rotatable bonds is 6. The highest BCUT2D eigenvalue weighted by Crippen LogP contribution is 2.24. The van der Waals surface area contributed by atoms with Gasteiger partial charge in [0.05, 0.1) is 22.8 Å². The van der Waals surface area contributed by atoms with Gasteiger partial charge in [-0.3, -0.25) is 18.9 Å². The number of aromatic nitrogens is 6. The van der Waals surface area contributed by atoms with E-state index in [0.29, 0.717) is 5.69 Å². The van der Waals surface area contributed by atoms with Crippen LogP contribution in [-0.2, 0) is 33.2 Å². The highest BCUT2D eigenvalue weighted by atomic mass is 16.3. The summed E-state index contributed by atoms with van der Waals surface area (Å²) in [6.45, 7) is 8.84. The molecular formula is C20H29N7O. The zero-order chi connectivity index (χ0) is 19.7. The van der Waals surface area contributed by atoms with Crippen molar-refractivity contribution in [2.45, 2.75) is 59.0 Å². The molecule has 28 heavy (non-hydrogen) atoms. The molecular weight excluding hydrogens is 354 g/mol. The van der Waals surface area contributed by atoms with Gasteiger partial charge >= 0.3 is 0 Å². The number of nitrogens with zero attached hydrogens (tertiary/aromatic N) is 7. The molecule has 8 heteroatoms. The molecule has 150 valence electrons. The molecule has 1 unspecified atom stereocenters. The predicted molar refractivity (Wildman–Crippen MR) is 105 cm³/mol. The van der Waals surface area contributed by atoms with Crippen LogP contribution in [0.3, 0.4) is 0 Å². The monoisotopic (exact) mass is 383 g/mol. The lowest BCUT2D eigenvalue weighted by Gasteiger charge is -2.19. The Labute approximate surface area is 165 Å². The van der Waals surface area contributed by atoms with Crippen molar-refractivity contribution in [2.24, 2.45) is 7.05 Å². The van der Waals surface area contributed by atoms with Crippen molar-refractivity contribution >= 4 is 0 Å². The van der Waals surface area contributed by atoms with Crippen molar-refractivity contribution in [1.29, 1.82) is 0 Å². The standard InChI is InChI=1S/C20H29N7O/c1-4-8-26-13-16(15(2)22-26)12-25-9-5-10-27-17(14-25)11-18(23-27)20(28)19-6-7-21-24(19)3/h6-7,11,13,20,28H,4-5,8-10,12,14H2,1-3H3. The van der Waals surface area contributed by atoms with Crippen molar-refractivity contribution in [3.8, 4) is 0 Å². The van der Waals surface area contributed by atoms with E-state index in [1.54, 1.807) is 10.9 Å². The van der Waals surface area contributed by atoms with Gasteiger partial charge in [0.2, 0.25) is 0 Å². The first kappa shape index (κ1) is 18.9. The Morgan fingerprint density at radius 1 is 1.25 bits per heavy atom. The number of aryl methyl sites for hydroxylation is 4. The quantitative estimate of drug-likeness (QED) is 0.705. The topological polar surface area (TPSA) is 76.9 Å². The van der Waals surface area contributed by atoms with E-state index in [-0.39, 0.29) is 0 Å². The number of fused-ring (bicyclic) bond motifs is 1. The zero-order valence-corrected chi connectivity index (χ0v) is 16.9. The van der Waals surface area contributed by atoms with E-state index in [2.05, 4.69) is 44.9 Å². The normalized spacial score (nSPS) is 16.1. The van der Waals surface area contributed by atoms with Gasteiger partial charge in [0.1, 0.15) is 6.10 Å². The lowest BCUT2D eigenvalue weighted by molar-refractivity contribution is 0.203. The Morgan fingerprint density at radius 3 is 2.86 bits per heavy atom. The Kier molecular flexibility index (Phi) is 5.32. The summed E-state index contributed by atoms with van der Waals surface area (Å²) in [5.41, 5.74) is 4.99. The largest absolute Gasteiger partial charge is 0.380 e. The average Bonchev–Trinajstić information content (AvgIpc) is 3.32. The number of hydrogen-bond donors (Lipinski definition) is 1. The molecule has 1 aliphatic heterocycles. The molecule has 0 fully saturated rings. The van der Waals surface area contributed by atoms with Crippen molar-refractivity contribution in [3.63, 3.8) is 0 Å². The number of aliphatic hydroxyl groups excluding tert-OH is 1. The SMILES string of the molecule is CCCn1cc(CN2CCCn3nc(C(O)c4ccnn4C)cc3C2)c(C)n1. The maximum absolute atomic E-state index is 10.7. The van der Waals surface area contributed by atoms with Crippen LogP contribution < -0.4 is 0 Å². The maximum atomic E-state index is 10.7. The van der Waals surface area contributed by atoms with Crippen LogP contribution in [0.1, 0.15) is 54.2 Å². The van der Waals surface area contributed by atoms with Gasteiger partial charge in [-0.05, 0) is 31.9 Å². The Bertz CT molecular complexity index is 938. The van der Waals surface area contributed by atoms with Gasteiger partial charge in [-0.2, -0.15) is 15.3 Å². The van der Waals surface area contributed by atoms with Crippen molar-refractivity contribution < 1.29 is 5.11 Å². The molecule has 1 atom stereocenters. The van der Waals surface area contributed by atoms with Crippen LogP contribution in [0.2, 0.25) is 0 Å². The number of aliphatic hydroxyl groups is 1. The van der Waals surface area contributed by atoms with Crippen molar-refractivity contribution in [2.75, 3.05) is 6.54 Å². The van der Waals surface area contributed by atoms with Crippen LogP contribution in [0, 0.1) is 6.92 Å². The van der Waals surface area contributed by atoms with Crippen LogP contribution in [0.25, 0.3) is 0 Å². The first-order chi connectivity index (χ1) is 13.5. The minimum atomic E-state index is -0.755. The fourth-order valence-corrected chi connectivity index (χ4v) is 3.92. The van der Waals surface area contributed by atoms with Gasteiger partial charge in [-0.25, -0.2) is 0 Å². The highest BCUT2D eigenvalue weighted by Gasteiger charge is 2.22. The summed E-state index contributed by atoms with van der Waals surface area (Å²) >= 11 is 0. The minimum Gasteiger partial charge on any atom is -0.380 e. The Morgan fingerprint density at radius 2 is 2.11 bits per heavy atom. The molecule has 0 aliphatic carbocycles. The van der Waals surface area contributed by atoms with Gasteiger partial charge in [0, 0.05) is 57.7 Å². The maximum Gasteiger partial charge on any atom is 0.139 e. The van der Waals surface area contributed by atoms with Gasteiger partial charge in [-0.1, -0.05) is 6.92 Å². The fourth-order valence-electron chi connectivity index (χ4n) is 3.92. The van der Waals surface area contributed by atoms with Gasteiger partial charge in [0.25, 0.3) is 0 Å². The Balaban J connectivity index is 1.50. The summed E-state index contributed by atoms with van der Waals surface area (Å²) in [4.78, 5) is 2.45. The van der Waals surface area contributed by atoms with E-state index < -0.39 is 6.10 Å². The summed E-state index contributed by atoms with van der Waals surface area (Å²) in [5.74, 6) is 0. The second kappa shape index (κ2) is 7.89. The van der Waals surface area contributed by atoms with Crippen LogP contribution in [0.15, 0.2) is 24.5 Å². The third-order valence-corrected chi connectivity index (χ3v) is 5.43. The summed E-state index contributed by atoms with van der Waals surface area (Å²) in [5, 5.41) is 24.2. The third-order valence-electron chi connectivity index (χ3n) is 5.43. The van der Waals surface area contributed by atoms with E-state index in [1.165, 1.54) is 5.56 Å². The minimum absolute atomic E-state index is 0.687. The van der Waals surface area contributed by atoms with E-state index in [1.807, 2.05) is 23.9 Å². The Hall–Kier alpha value is -2.45. The zero-order valence-electron chi connectivity index (χ0n) is 16.9. The molecule has 0 saturated carbocycles. The van der Waals surface area contributed by atoms with Crippen LogP contribution in [0.5, 0.6) is 0 Å². The molecule has 0 aromatic carbocycles. The van der Waals surface area contributed by atoms with Crippen molar-refractivity contribution in [3.05, 3.63) is 52.9 Å². The molecule has 0 bridgehead atoms. The second-order valence-electron chi connectivity index (χ2n) is 7.63. The predicted octanol–water partition coefficient (Wildman–Crippen LogP) is 2.02. The first-order valence-corrected chi connectivity index (χ1v) is 10.0. The molecule has 1 N–H and O–H groups in total. The molecule has 1 aliphatic rings. The average molecular weight is 384 g/mol.